The van der Waals surface area contributed by atoms with Gasteiger partial charge in [-0.05, 0) is 61.6 Å². The van der Waals surface area contributed by atoms with Crippen LogP contribution in [0.2, 0.25) is 0 Å². The standard InChI is InChI=1S/C22H25NO5/c1-15(14-24)22(17-7-9-19(25)10-8-17)23-18-11-16(12-20(13-18)28-2)5-3-4-6-21(26)27/h7-13,22-23,25H,3-6H2,1-2H3,(H,26,27). The van der Waals surface area contributed by atoms with Gasteiger partial charge in [0, 0.05) is 23.7 Å². The lowest BCUT2D eigenvalue weighted by Crippen LogP contribution is -2.13. The molecule has 0 spiro atoms. The molecule has 3 N–H and O–H groups in total. The van der Waals surface area contributed by atoms with Crippen LogP contribution in [0.4, 0.5) is 5.69 Å². The molecule has 1 unspecified atom stereocenters. The van der Waals surface area contributed by atoms with Crippen molar-refractivity contribution >= 4 is 17.6 Å². The van der Waals surface area contributed by atoms with E-state index in [1.54, 1.807) is 38.3 Å². The average molecular weight is 383 g/mol. The fourth-order valence-electron chi connectivity index (χ4n) is 2.95. The maximum atomic E-state index is 11.3. The van der Waals surface area contributed by atoms with Crippen LogP contribution in [0.15, 0.2) is 48.0 Å². The van der Waals surface area contributed by atoms with Crippen LogP contribution in [-0.2, 0) is 16.0 Å². The van der Waals surface area contributed by atoms with Crippen LogP contribution in [0.5, 0.6) is 11.5 Å². The van der Waals surface area contributed by atoms with E-state index in [4.69, 9.17) is 9.84 Å². The monoisotopic (exact) mass is 383 g/mol. The first-order chi connectivity index (χ1) is 13.4. The molecule has 2 rings (SSSR count). The second kappa shape index (κ2) is 10.2. The third kappa shape index (κ3) is 6.18. The predicted molar refractivity (Wildman–Crippen MR) is 108 cm³/mol. The first-order valence-corrected chi connectivity index (χ1v) is 9.09. The number of carboxylic acids is 1. The van der Waals surface area contributed by atoms with Crippen molar-refractivity contribution in [1.29, 1.82) is 0 Å². The molecule has 0 aromatic heterocycles. The van der Waals surface area contributed by atoms with Gasteiger partial charge in [0.05, 0.1) is 13.2 Å². The zero-order valence-electron chi connectivity index (χ0n) is 16.1. The van der Waals surface area contributed by atoms with Crippen LogP contribution in [-0.4, -0.2) is 29.2 Å². The van der Waals surface area contributed by atoms with Gasteiger partial charge in [-0.1, -0.05) is 12.1 Å². The largest absolute Gasteiger partial charge is 0.508 e. The molecule has 2 aromatic rings. The Hall–Kier alpha value is -3.24. The number of aryl methyl sites for hydroxylation is 1. The van der Waals surface area contributed by atoms with Crippen LogP contribution in [0.3, 0.4) is 0 Å². The molecule has 0 heterocycles. The van der Waals surface area contributed by atoms with Gasteiger partial charge in [-0.3, -0.25) is 4.79 Å². The van der Waals surface area contributed by atoms with Crippen LogP contribution < -0.4 is 10.1 Å². The van der Waals surface area contributed by atoms with Crippen LogP contribution in [0, 0.1) is 0 Å². The molecule has 0 amide bonds. The van der Waals surface area contributed by atoms with Crippen LogP contribution in [0.1, 0.15) is 43.4 Å². The lowest BCUT2D eigenvalue weighted by Gasteiger charge is -2.21. The number of methoxy groups -OCH3 is 1. The highest BCUT2D eigenvalue weighted by Crippen LogP contribution is 2.29. The van der Waals surface area contributed by atoms with E-state index in [2.05, 4.69) is 5.32 Å². The molecule has 0 aliphatic carbocycles. The molecule has 6 nitrogen and oxygen atoms in total. The molecule has 28 heavy (non-hydrogen) atoms. The molecule has 0 aliphatic rings. The van der Waals surface area contributed by atoms with Gasteiger partial charge in [0.15, 0.2) is 0 Å². The minimum Gasteiger partial charge on any atom is -0.508 e. The van der Waals surface area contributed by atoms with Gasteiger partial charge in [0.2, 0.25) is 0 Å². The summed E-state index contributed by atoms with van der Waals surface area (Å²) in [6.45, 7) is 1.70. The zero-order chi connectivity index (χ0) is 20.5. The lowest BCUT2D eigenvalue weighted by molar-refractivity contribution is -0.137. The number of aliphatic carboxylic acids is 1. The third-order valence-electron chi connectivity index (χ3n) is 4.44. The number of rotatable bonds is 10. The SMILES string of the molecule is COc1cc(CCCCC(=O)O)cc(NC(C(C)=C=O)c2ccc(O)cc2)c1. The summed E-state index contributed by atoms with van der Waals surface area (Å²) < 4.78 is 5.38. The van der Waals surface area contributed by atoms with Gasteiger partial charge in [-0.2, -0.15) is 0 Å². The topological polar surface area (TPSA) is 95.9 Å². The van der Waals surface area contributed by atoms with E-state index in [1.165, 1.54) is 0 Å². The number of unbranched alkanes of at least 4 members (excludes halogenated alkanes) is 1. The fourth-order valence-corrected chi connectivity index (χ4v) is 2.95. The van der Waals surface area contributed by atoms with Crippen molar-refractivity contribution in [3.63, 3.8) is 0 Å². The molecule has 6 heteroatoms. The molecule has 0 aliphatic heterocycles. The van der Waals surface area contributed by atoms with E-state index in [1.807, 2.05) is 24.1 Å². The van der Waals surface area contributed by atoms with Crippen molar-refractivity contribution < 1.29 is 24.5 Å². The minimum atomic E-state index is -0.791. The Balaban J connectivity index is 2.23. The Labute approximate surface area is 164 Å². The van der Waals surface area contributed by atoms with Gasteiger partial charge in [0.1, 0.15) is 17.4 Å². The quantitative estimate of drug-likeness (QED) is 0.422. The first-order valence-electron chi connectivity index (χ1n) is 9.09. The number of hydrogen-bond donors (Lipinski definition) is 3. The highest BCUT2D eigenvalue weighted by atomic mass is 16.5. The molecule has 1 atom stereocenters. The number of aromatic hydroxyl groups is 1. The van der Waals surface area contributed by atoms with E-state index in [0.717, 1.165) is 29.7 Å². The van der Waals surface area contributed by atoms with Crippen molar-refractivity contribution in [3.05, 3.63) is 59.2 Å². The molecule has 0 fully saturated rings. The Bertz CT molecular complexity index is 854. The fraction of sp³-hybridized carbons (Fsp3) is 0.318. The lowest BCUT2D eigenvalue weighted by atomic mass is 9.99. The molecular formula is C22H25NO5. The summed E-state index contributed by atoms with van der Waals surface area (Å²) in [5, 5.41) is 21.6. The van der Waals surface area contributed by atoms with Gasteiger partial charge in [-0.25, -0.2) is 4.79 Å². The maximum Gasteiger partial charge on any atom is 0.303 e. The second-order valence-corrected chi connectivity index (χ2v) is 6.62. The molecule has 148 valence electrons. The van der Waals surface area contributed by atoms with Crippen molar-refractivity contribution in [2.75, 3.05) is 12.4 Å². The molecule has 2 aromatic carbocycles. The zero-order valence-corrected chi connectivity index (χ0v) is 16.1. The number of carbonyl (C=O) groups is 1. The minimum absolute atomic E-state index is 0.153. The Kier molecular flexibility index (Phi) is 7.66. The van der Waals surface area contributed by atoms with Crippen LogP contribution in [0.25, 0.3) is 0 Å². The summed E-state index contributed by atoms with van der Waals surface area (Å²) in [4.78, 5) is 21.9. The number of anilines is 1. The molecular weight excluding hydrogens is 358 g/mol. The van der Waals surface area contributed by atoms with E-state index in [-0.39, 0.29) is 12.2 Å². The van der Waals surface area contributed by atoms with E-state index >= 15 is 0 Å². The number of carbonyl (C=O) groups excluding carboxylic acids is 1. The number of carboxylic acid groups (broad SMARTS) is 1. The Morgan fingerprint density at radius 2 is 1.89 bits per heavy atom. The highest BCUT2D eigenvalue weighted by Gasteiger charge is 2.15. The molecule has 0 bridgehead atoms. The van der Waals surface area contributed by atoms with Crippen molar-refractivity contribution in [3.8, 4) is 11.5 Å². The predicted octanol–water partition coefficient (Wildman–Crippen LogP) is 4.13. The first kappa shape index (κ1) is 21.1. The van der Waals surface area contributed by atoms with Crippen molar-refractivity contribution in [1.82, 2.24) is 0 Å². The van der Waals surface area contributed by atoms with E-state index in [0.29, 0.717) is 17.7 Å². The highest BCUT2D eigenvalue weighted by molar-refractivity contribution is 5.66. The summed E-state index contributed by atoms with van der Waals surface area (Å²) >= 11 is 0. The normalized spacial score (nSPS) is 11.4. The maximum absolute atomic E-state index is 11.3. The Morgan fingerprint density at radius 3 is 2.50 bits per heavy atom. The average Bonchev–Trinajstić information content (AvgIpc) is 2.69. The number of hydrogen-bond acceptors (Lipinski definition) is 5. The summed E-state index contributed by atoms with van der Waals surface area (Å²) in [6, 6.07) is 12.0. The van der Waals surface area contributed by atoms with Gasteiger partial charge in [-0.15, -0.1) is 0 Å². The van der Waals surface area contributed by atoms with Gasteiger partial charge < -0.3 is 20.3 Å². The summed E-state index contributed by atoms with van der Waals surface area (Å²) in [7, 11) is 1.58. The number of benzene rings is 2. The summed E-state index contributed by atoms with van der Waals surface area (Å²) in [6.07, 6.45) is 2.25. The van der Waals surface area contributed by atoms with E-state index in [9.17, 15) is 14.7 Å². The van der Waals surface area contributed by atoms with Gasteiger partial charge >= 0.3 is 5.97 Å². The number of phenols is 1. The van der Waals surface area contributed by atoms with Crippen molar-refractivity contribution in [2.24, 2.45) is 0 Å². The summed E-state index contributed by atoms with van der Waals surface area (Å²) in [5.41, 5.74) is 3.10. The molecule has 0 radical (unpaired) electrons. The number of ether oxygens (including phenoxy) is 1. The third-order valence-corrected chi connectivity index (χ3v) is 4.44. The smallest absolute Gasteiger partial charge is 0.303 e. The second-order valence-electron chi connectivity index (χ2n) is 6.62. The van der Waals surface area contributed by atoms with E-state index < -0.39 is 12.0 Å². The van der Waals surface area contributed by atoms with Gasteiger partial charge in [0.25, 0.3) is 0 Å². The molecule has 0 saturated heterocycles. The summed E-state index contributed by atoms with van der Waals surface area (Å²) in [5.74, 6) is 1.99. The molecule has 0 saturated carbocycles. The van der Waals surface area contributed by atoms with Crippen molar-refractivity contribution in [2.45, 2.75) is 38.6 Å². The number of nitrogens with one attached hydrogen (secondary N) is 1. The number of phenolic OH excluding ortho intramolecular Hbond substituents is 1. The van der Waals surface area contributed by atoms with Crippen LogP contribution >= 0.6 is 0 Å². The Morgan fingerprint density at radius 1 is 1.18 bits per heavy atom.